The minimum absolute atomic E-state index is 0.177. The van der Waals surface area contributed by atoms with Crippen LogP contribution in [0.3, 0.4) is 0 Å². The first-order valence-electron chi connectivity index (χ1n) is 11.4. The first kappa shape index (κ1) is 24.9. The average Bonchev–Trinajstić information content (AvgIpc) is 3.27. The first-order chi connectivity index (χ1) is 16.9. The normalized spacial score (nSPS) is 11.3. The number of imidazole rings is 1. The molecule has 4 rings (SSSR count). The summed E-state index contributed by atoms with van der Waals surface area (Å²) in [6.45, 7) is 5.43. The van der Waals surface area contributed by atoms with Crippen LogP contribution in [0.5, 0.6) is 11.5 Å². The zero-order chi connectivity index (χ0) is 25.1. The SMILES string of the molecule is COCCn1c(-c2ccc(C(C)C)cc2)nc2c(Br)c(C(=O)c3ccccc3OC)cc(OC)c21. The molecule has 0 unspecified atom stereocenters. The third-order valence-corrected chi connectivity index (χ3v) is 6.89. The van der Waals surface area contributed by atoms with Gasteiger partial charge in [-0.2, -0.15) is 0 Å². The van der Waals surface area contributed by atoms with E-state index in [0.717, 1.165) is 16.9 Å². The van der Waals surface area contributed by atoms with Crippen LogP contribution in [-0.4, -0.2) is 43.3 Å². The fourth-order valence-electron chi connectivity index (χ4n) is 4.18. The lowest BCUT2D eigenvalue weighted by atomic mass is 10.0. The standard InChI is InChI=1S/C28H29BrN2O4/c1-17(2)18-10-12-19(13-11-18)28-30-25-24(29)21(27(32)20-8-6-7-9-22(20)34-4)16-23(35-5)26(25)31(28)14-15-33-3/h6-13,16-17H,14-15H2,1-5H3. The van der Waals surface area contributed by atoms with Crippen LogP contribution in [-0.2, 0) is 11.3 Å². The van der Waals surface area contributed by atoms with E-state index in [-0.39, 0.29) is 5.78 Å². The lowest BCUT2D eigenvalue weighted by Gasteiger charge is -2.14. The third kappa shape index (κ3) is 4.70. The van der Waals surface area contributed by atoms with Gasteiger partial charge < -0.3 is 18.8 Å². The van der Waals surface area contributed by atoms with Gasteiger partial charge >= 0.3 is 0 Å². The number of halogens is 1. The summed E-state index contributed by atoms with van der Waals surface area (Å²) in [5.74, 6) is 2.13. The van der Waals surface area contributed by atoms with Crippen molar-refractivity contribution in [3.8, 4) is 22.9 Å². The van der Waals surface area contributed by atoms with Crippen LogP contribution in [0.1, 0.15) is 41.3 Å². The molecule has 0 bridgehead atoms. The zero-order valence-corrected chi connectivity index (χ0v) is 22.2. The van der Waals surface area contributed by atoms with E-state index < -0.39 is 0 Å². The third-order valence-electron chi connectivity index (χ3n) is 6.09. The minimum Gasteiger partial charge on any atom is -0.496 e. The lowest BCUT2D eigenvalue weighted by molar-refractivity contribution is 0.103. The molecule has 6 nitrogen and oxygen atoms in total. The predicted molar refractivity (Wildman–Crippen MR) is 142 cm³/mol. The quantitative estimate of drug-likeness (QED) is 0.229. The van der Waals surface area contributed by atoms with Crippen LogP contribution < -0.4 is 9.47 Å². The topological polar surface area (TPSA) is 62.6 Å². The number of hydrogen-bond acceptors (Lipinski definition) is 5. The number of rotatable bonds is 9. The van der Waals surface area contributed by atoms with E-state index in [1.807, 2.05) is 12.1 Å². The summed E-state index contributed by atoms with van der Waals surface area (Å²) in [5.41, 5.74) is 4.62. The van der Waals surface area contributed by atoms with E-state index in [4.69, 9.17) is 19.2 Å². The van der Waals surface area contributed by atoms with Gasteiger partial charge in [0.25, 0.3) is 0 Å². The van der Waals surface area contributed by atoms with Gasteiger partial charge in [-0.1, -0.05) is 50.2 Å². The van der Waals surface area contributed by atoms with Gasteiger partial charge in [0.1, 0.15) is 28.4 Å². The highest BCUT2D eigenvalue weighted by atomic mass is 79.9. The van der Waals surface area contributed by atoms with Crippen molar-refractivity contribution in [2.45, 2.75) is 26.3 Å². The molecule has 0 radical (unpaired) electrons. The Morgan fingerprint density at radius 3 is 2.29 bits per heavy atom. The number of fused-ring (bicyclic) bond motifs is 1. The van der Waals surface area contributed by atoms with Gasteiger partial charge in [-0.15, -0.1) is 0 Å². The van der Waals surface area contributed by atoms with Gasteiger partial charge in [0.2, 0.25) is 0 Å². The molecule has 182 valence electrons. The molecule has 0 aliphatic heterocycles. The summed E-state index contributed by atoms with van der Waals surface area (Å²) in [6, 6.07) is 17.4. The van der Waals surface area contributed by atoms with Gasteiger partial charge in [0.05, 0.1) is 30.9 Å². The van der Waals surface area contributed by atoms with Gasteiger partial charge in [-0.3, -0.25) is 4.79 Å². The first-order valence-corrected chi connectivity index (χ1v) is 12.2. The van der Waals surface area contributed by atoms with Crippen molar-refractivity contribution in [1.29, 1.82) is 0 Å². The Hall–Kier alpha value is -3.16. The molecule has 1 aromatic heterocycles. The maximum absolute atomic E-state index is 13.6. The number of carbonyl (C=O) groups excluding carboxylic acids is 1. The maximum atomic E-state index is 13.6. The molecule has 0 saturated carbocycles. The molecule has 35 heavy (non-hydrogen) atoms. The molecule has 0 N–H and O–H groups in total. The van der Waals surface area contributed by atoms with Crippen molar-refractivity contribution in [3.63, 3.8) is 0 Å². The van der Waals surface area contributed by atoms with Crippen LogP contribution in [0.25, 0.3) is 22.4 Å². The Labute approximate surface area is 214 Å². The molecule has 0 aliphatic carbocycles. The monoisotopic (exact) mass is 536 g/mol. The van der Waals surface area contributed by atoms with Crippen molar-refractivity contribution >= 4 is 32.7 Å². The molecule has 0 spiro atoms. The summed E-state index contributed by atoms with van der Waals surface area (Å²) in [4.78, 5) is 18.6. The molecule has 7 heteroatoms. The Bertz CT molecular complexity index is 1360. The number of ketones is 1. The Kier molecular flexibility index (Phi) is 7.57. The Morgan fingerprint density at radius 2 is 1.66 bits per heavy atom. The smallest absolute Gasteiger partial charge is 0.198 e. The average molecular weight is 537 g/mol. The van der Waals surface area contributed by atoms with Gasteiger partial charge in [-0.25, -0.2) is 4.98 Å². The molecule has 0 atom stereocenters. The fraction of sp³-hybridized carbons (Fsp3) is 0.286. The predicted octanol–water partition coefficient (Wildman–Crippen LogP) is 6.48. The van der Waals surface area contributed by atoms with Crippen molar-refractivity contribution < 1.29 is 19.0 Å². The molecule has 0 saturated heterocycles. The highest BCUT2D eigenvalue weighted by Crippen LogP contribution is 2.39. The molecule has 0 amide bonds. The summed E-state index contributed by atoms with van der Waals surface area (Å²) in [7, 11) is 4.83. The minimum atomic E-state index is -0.177. The highest BCUT2D eigenvalue weighted by molar-refractivity contribution is 9.10. The van der Waals surface area contributed by atoms with Gasteiger partial charge in [-0.05, 0) is 45.6 Å². The van der Waals surface area contributed by atoms with Crippen molar-refractivity contribution in [2.24, 2.45) is 0 Å². The second-order valence-electron chi connectivity index (χ2n) is 8.52. The number of aromatic nitrogens is 2. The van der Waals surface area contributed by atoms with Crippen LogP contribution >= 0.6 is 15.9 Å². The second kappa shape index (κ2) is 10.6. The zero-order valence-electron chi connectivity index (χ0n) is 20.6. The maximum Gasteiger partial charge on any atom is 0.198 e. The molecule has 0 aliphatic rings. The largest absolute Gasteiger partial charge is 0.496 e. The fourth-order valence-corrected chi connectivity index (χ4v) is 4.75. The van der Waals surface area contributed by atoms with E-state index in [2.05, 4.69) is 58.6 Å². The van der Waals surface area contributed by atoms with Crippen molar-refractivity contribution in [2.75, 3.05) is 27.9 Å². The van der Waals surface area contributed by atoms with Gasteiger partial charge in [0.15, 0.2) is 5.78 Å². The van der Waals surface area contributed by atoms with Crippen LogP contribution in [0.2, 0.25) is 0 Å². The number of para-hydroxylation sites is 1. The molecular weight excluding hydrogens is 508 g/mol. The number of hydrogen-bond donors (Lipinski definition) is 0. The number of methoxy groups -OCH3 is 3. The summed E-state index contributed by atoms with van der Waals surface area (Å²) in [6.07, 6.45) is 0. The van der Waals surface area contributed by atoms with Crippen LogP contribution in [0.4, 0.5) is 0 Å². The van der Waals surface area contributed by atoms with Crippen molar-refractivity contribution in [1.82, 2.24) is 9.55 Å². The van der Waals surface area contributed by atoms with Crippen molar-refractivity contribution in [3.05, 3.63) is 75.8 Å². The lowest BCUT2D eigenvalue weighted by Crippen LogP contribution is -2.08. The molecular formula is C28H29BrN2O4. The Balaban J connectivity index is 1.94. The number of benzene rings is 3. The highest BCUT2D eigenvalue weighted by Gasteiger charge is 2.25. The summed E-state index contributed by atoms with van der Waals surface area (Å²) >= 11 is 3.68. The summed E-state index contributed by atoms with van der Waals surface area (Å²) in [5, 5.41) is 0. The van der Waals surface area contributed by atoms with E-state index >= 15 is 0 Å². The second-order valence-corrected chi connectivity index (χ2v) is 9.32. The van der Waals surface area contributed by atoms with Crippen LogP contribution in [0.15, 0.2) is 59.1 Å². The molecule has 0 fully saturated rings. The van der Waals surface area contributed by atoms with E-state index in [1.165, 1.54) is 5.56 Å². The number of carbonyl (C=O) groups is 1. The van der Waals surface area contributed by atoms with E-state index in [9.17, 15) is 4.79 Å². The Morgan fingerprint density at radius 1 is 0.971 bits per heavy atom. The molecule has 4 aromatic rings. The molecule has 3 aromatic carbocycles. The molecule has 1 heterocycles. The summed E-state index contributed by atoms with van der Waals surface area (Å²) < 4.78 is 19.3. The number of ether oxygens (including phenoxy) is 3. The van der Waals surface area contributed by atoms with E-state index in [1.54, 1.807) is 39.5 Å². The van der Waals surface area contributed by atoms with E-state index in [0.29, 0.717) is 51.7 Å². The van der Waals surface area contributed by atoms with Crippen LogP contribution in [0, 0.1) is 0 Å². The van der Waals surface area contributed by atoms with Gasteiger partial charge in [0, 0.05) is 24.8 Å². The number of nitrogens with zero attached hydrogens (tertiary/aromatic N) is 2.